The number of nitrogens with one attached hydrogen (secondary N) is 1. The van der Waals surface area contributed by atoms with E-state index >= 15 is 0 Å². The first-order chi connectivity index (χ1) is 9.38. The highest BCUT2D eigenvalue weighted by atomic mass is 32.2. The van der Waals surface area contributed by atoms with E-state index in [1.165, 1.54) is 49.2 Å². The molecular weight excluding hydrogens is 250 g/mol. The second-order valence-electron chi connectivity index (χ2n) is 5.62. The van der Waals surface area contributed by atoms with Crippen LogP contribution in [-0.4, -0.2) is 18.3 Å². The maximum atomic E-state index is 3.73. The molecule has 0 atom stereocenters. The van der Waals surface area contributed by atoms with Crippen LogP contribution in [0.5, 0.6) is 0 Å². The maximum Gasteiger partial charge on any atom is 0.0106 e. The minimum Gasteiger partial charge on any atom is -0.313 e. The van der Waals surface area contributed by atoms with Crippen molar-refractivity contribution in [3.8, 4) is 0 Å². The summed E-state index contributed by atoms with van der Waals surface area (Å²) in [4.78, 5) is 1.39. The highest BCUT2D eigenvalue weighted by Gasteiger charge is 2.19. The Balaban J connectivity index is 1.55. The Kier molecular flexibility index (Phi) is 6.80. The molecule has 0 amide bonds. The van der Waals surface area contributed by atoms with Crippen molar-refractivity contribution in [3.05, 3.63) is 30.3 Å². The van der Waals surface area contributed by atoms with E-state index in [0.717, 1.165) is 18.5 Å². The van der Waals surface area contributed by atoms with Gasteiger partial charge in [0.2, 0.25) is 0 Å². The molecule has 2 heteroatoms. The molecule has 1 aromatic carbocycles. The SMILES string of the molecule is CCCC1CCC(NCCSc2ccccc2)CC1. The molecule has 1 N–H and O–H groups in total. The van der Waals surface area contributed by atoms with Crippen molar-refractivity contribution in [2.75, 3.05) is 12.3 Å². The van der Waals surface area contributed by atoms with Crippen molar-refractivity contribution < 1.29 is 0 Å². The Morgan fingerprint density at radius 2 is 1.84 bits per heavy atom. The summed E-state index contributed by atoms with van der Waals surface area (Å²) in [5.41, 5.74) is 0. The number of hydrogen-bond acceptors (Lipinski definition) is 2. The van der Waals surface area contributed by atoms with E-state index in [-0.39, 0.29) is 0 Å². The first kappa shape index (κ1) is 14.9. The van der Waals surface area contributed by atoms with Crippen molar-refractivity contribution in [2.24, 2.45) is 5.92 Å². The van der Waals surface area contributed by atoms with Crippen molar-refractivity contribution in [1.82, 2.24) is 5.32 Å². The molecule has 0 heterocycles. The van der Waals surface area contributed by atoms with Gasteiger partial charge < -0.3 is 5.32 Å². The number of benzene rings is 1. The summed E-state index contributed by atoms with van der Waals surface area (Å²) in [6, 6.07) is 11.5. The lowest BCUT2D eigenvalue weighted by Crippen LogP contribution is -2.34. The zero-order valence-corrected chi connectivity index (χ0v) is 12.9. The van der Waals surface area contributed by atoms with E-state index in [9.17, 15) is 0 Å². The minimum absolute atomic E-state index is 0.782. The highest BCUT2D eigenvalue weighted by molar-refractivity contribution is 7.99. The Labute approximate surface area is 122 Å². The molecule has 0 bridgehead atoms. The van der Waals surface area contributed by atoms with Crippen LogP contribution in [0.2, 0.25) is 0 Å². The van der Waals surface area contributed by atoms with Crippen molar-refractivity contribution in [1.29, 1.82) is 0 Å². The molecule has 1 nitrogen and oxygen atoms in total. The molecule has 2 rings (SSSR count). The largest absolute Gasteiger partial charge is 0.313 e. The average Bonchev–Trinajstić information content (AvgIpc) is 2.47. The molecule has 0 radical (unpaired) electrons. The second kappa shape index (κ2) is 8.65. The zero-order valence-electron chi connectivity index (χ0n) is 12.1. The van der Waals surface area contributed by atoms with Crippen LogP contribution in [0.25, 0.3) is 0 Å². The topological polar surface area (TPSA) is 12.0 Å². The van der Waals surface area contributed by atoms with Crippen LogP contribution in [0.3, 0.4) is 0 Å². The summed E-state index contributed by atoms with van der Waals surface area (Å²) in [6.07, 6.45) is 8.46. The molecule has 1 saturated carbocycles. The first-order valence-electron chi connectivity index (χ1n) is 7.79. The number of hydrogen-bond donors (Lipinski definition) is 1. The standard InChI is InChI=1S/C17H27NS/c1-2-6-15-9-11-16(12-10-15)18-13-14-19-17-7-4-3-5-8-17/h3-5,7-8,15-16,18H,2,6,9-14H2,1H3. The lowest BCUT2D eigenvalue weighted by atomic mass is 9.83. The lowest BCUT2D eigenvalue weighted by molar-refractivity contribution is 0.281. The van der Waals surface area contributed by atoms with Gasteiger partial charge in [-0.15, -0.1) is 11.8 Å². The Hall–Kier alpha value is -0.470. The molecule has 1 aliphatic carbocycles. The second-order valence-corrected chi connectivity index (χ2v) is 6.79. The minimum atomic E-state index is 0.782. The van der Waals surface area contributed by atoms with Gasteiger partial charge in [-0.05, 0) is 43.7 Å². The summed E-state index contributed by atoms with van der Waals surface area (Å²) in [7, 11) is 0. The Morgan fingerprint density at radius 1 is 1.11 bits per heavy atom. The molecule has 1 aliphatic rings. The van der Waals surface area contributed by atoms with Crippen LogP contribution in [0.1, 0.15) is 45.4 Å². The number of rotatable bonds is 7. The van der Waals surface area contributed by atoms with Gasteiger partial charge in [0, 0.05) is 23.2 Å². The molecule has 0 spiro atoms. The van der Waals surface area contributed by atoms with E-state index in [4.69, 9.17) is 0 Å². The van der Waals surface area contributed by atoms with E-state index in [2.05, 4.69) is 42.6 Å². The summed E-state index contributed by atoms with van der Waals surface area (Å²) in [5.74, 6) is 2.19. The summed E-state index contributed by atoms with van der Waals surface area (Å²) < 4.78 is 0. The normalized spacial score (nSPS) is 23.4. The fourth-order valence-electron chi connectivity index (χ4n) is 3.01. The third-order valence-electron chi connectivity index (χ3n) is 4.09. The Bertz CT molecular complexity index is 330. The molecule has 0 aliphatic heterocycles. The van der Waals surface area contributed by atoms with E-state index in [1.54, 1.807) is 0 Å². The van der Waals surface area contributed by atoms with E-state index in [1.807, 2.05) is 11.8 Å². The third-order valence-corrected chi connectivity index (χ3v) is 5.10. The van der Waals surface area contributed by atoms with Gasteiger partial charge in [-0.2, -0.15) is 0 Å². The quantitative estimate of drug-likeness (QED) is 0.571. The molecule has 0 unspecified atom stereocenters. The van der Waals surface area contributed by atoms with Gasteiger partial charge in [0.25, 0.3) is 0 Å². The zero-order chi connectivity index (χ0) is 13.3. The maximum absolute atomic E-state index is 3.73. The van der Waals surface area contributed by atoms with Crippen molar-refractivity contribution in [2.45, 2.75) is 56.4 Å². The molecular formula is C17H27NS. The van der Waals surface area contributed by atoms with Gasteiger partial charge in [0.15, 0.2) is 0 Å². The van der Waals surface area contributed by atoms with Gasteiger partial charge in [-0.3, -0.25) is 0 Å². The van der Waals surface area contributed by atoms with Crippen LogP contribution in [-0.2, 0) is 0 Å². The average molecular weight is 277 g/mol. The summed E-state index contributed by atoms with van der Waals surface area (Å²) in [5, 5.41) is 3.73. The molecule has 106 valence electrons. The monoisotopic (exact) mass is 277 g/mol. The van der Waals surface area contributed by atoms with E-state index in [0.29, 0.717) is 0 Å². The Morgan fingerprint density at radius 3 is 2.53 bits per heavy atom. The predicted molar refractivity (Wildman–Crippen MR) is 85.8 cm³/mol. The van der Waals surface area contributed by atoms with Crippen LogP contribution in [0, 0.1) is 5.92 Å². The van der Waals surface area contributed by atoms with Gasteiger partial charge >= 0.3 is 0 Å². The third kappa shape index (κ3) is 5.58. The van der Waals surface area contributed by atoms with Crippen LogP contribution in [0.4, 0.5) is 0 Å². The first-order valence-corrected chi connectivity index (χ1v) is 8.78. The molecule has 1 aromatic rings. The molecule has 19 heavy (non-hydrogen) atoms. The van der Waals surface area contributed by atoms with Crippen molar-refractivity contribution in [3.63, 3.8) is 0 Å². The summed E-state index contributed by atoms with van der Waals surface area (Å²) in [6.45, 7) is 3.45. The van der Waals surface area contributed by atoms with Crippen LogP contribution < -0.4 is 5.32 Å². The van der Waals surface area contributed by atoms with Gasteiger partial charge in [0.05, 0.1) is 0 Å². The van der Waals surface area contributed by atoms with Crippen molar-refractivity contribution >= 4 is 11.8 Å². The van der Waals surface area contributed by atoms with Crippen LogP contribution in [0.15, 0.2) is 35.2 Å². The smallest absolute Gasteiger partial charge is 0.0106 e. The highest BCUT2D eigenvalue weighted by Crippen LogP contribution is 2.27. The van der Waals surface area contributed by atoms with Crippen LogP contribution >= 0.6 is 11.8 Å². The van der Waals surface area contributed by atoms with Gasteiger partial charge in [0.1, 0.15) is 0 Å². The molecule has 0 aromatic heterocycles. The lowest BCUT2D eigenvalue weighted by Gasteiger charge is -2.29. The fourth-order valence-corrected chi connectivity index (χ4v) is 3.82. The predicted octanol–water partition coefficient (Wildman–Crippen LogP) is 4.73. The van der Waals surface area contributed by atoms with E-state index < -0.39 is 0 Å². The molecule has 1 fully saturated rings. The molecule has 0 saturated heterocycles. The fraction of sp³-hybridized carbons (Fsp3) is 0.647. The van der Waals surface area contributed by atoms with Gasteiger partial charge in [-0.25, -0.2) is 0 Å². The van der Waals surface area contributed by atoms with Gasteiger partial charge in [-0.1, -0.05) is 38.0 Å². The summed E-state index contributed by atoms with van der Waals surface area (Å²) >= 11 is 1.96. The number of thioether (sulfide) groups is 1.